The third-order valence-corrected chi connectivity index (χ3v) is 10.6. The van der Waals surface area contributed by atoms with Crippen molar-refractivity contribution >= 4 is 23.5 Å². The first-order valence-corrected chi connectivity index (χ1v) is 18.5. The quantitative estimate of drug-likeness (QED) is 0.0821. The summed E-state index contributed by atoms with van der Waals surface area (Å²) in [6.07, 6.45) is -9.78. The van der Waals surface area contributed by atoms with Gasteiger partial charge in [0.05, 0.1) is 37.6 Å². The highest BCUT2D eigenvalue weighted by atomic mass is 31.3. The minimum absolute atomic E-state index is 0.0234. The SMILES string of the molecule is COCc1cn([C@@H]2O[C@H](CO)[C@@H](O)[C@H]2O)c(=O)[nH]c1=O.COCc1cn([C@@H]2O[C@H](COP(=O)([O-])OP(=O)([O-])OP(=O)([O-])O)[C@@H](O)[C@H]2O)c(=O)[nH]c1=O. The van der Waals surface area contributed by atoms with Crippen molar-refractivity contribution in [2.45, 2.75) is 62.3 Å². The van der Waals surface area contributed by atoms with Crippen molar-refractivity contribution in [1.29, 1.82) is 0 Å². The van der Waals surface area contributed by atoms with Crippen molar-refractivity contribution in [3.63, 3.8) is 0 Å². The first kappa shape index (κ1) is 43.8. The summed E-state index contributed by atoms with van der Waals surface area (Å²) < 4.78 is 65.5. The number of nitrogens with zero attached hydrogens (tertiary/aromatic N) is 2. The van der Waals surface area contributed by atoms with Crippen LogP contribution in [0.3, 0.4) is 0 Å². The summed E-state index contributed by atoms with van der Waals surface area (Å²) in [4.78, 5) is 92.5. The van der Waals surface area contributed by atoms with Crippen LogP contribution in [0.1, 0.15) is 23.6 Å². The molecule has 3 unspecified atom stereocenters. The van der Waals surface area contributed by atoms with Gasteiger partial charge in [-0.05, 0) is 0 Å². The van der Waals surface area contributed by atoms with E-state index < -0.39 is 108 Å². The van der Waals surface area contributed by atoms with Crippen LogP contribution >= 0.6 is 23.5 Å². The molecule has 0 spiro atoms. The second-order valence-corrected chi connectivity index (χ2v) is 14.9. The molecule has 2 fully saturated rings. The number of phosphoric acid groups is 3. The van der Waals surface area contributed by atoms with Gasteiger partial charge in [-0.1, -0.05) is 0 Å². The van der Waals surface area contributed by atoms with E-state index in [1.807, 2.05) is 4.98 Å². The highest BCUT2D eigenvalue weighted by Crippen LogP contribution is 2.61. The third kappa shape index (κ3) is 11.2. The van der Waals surface area contributed by atoms with Gasteiger partial charge >= 0.3 is 11.4 Å². The minimum atomic E-state index is -6.13. The first-order valence-electron chi connectivity index (χ1n) is 14.1. The fourth-order valence-electron chi connectivity index (χ4n) is 4.61. The topological polar surface area (TPSA) is 416 Å². The van der Waals surface area contributed by atoms with E-state index >= 15 is 0 Å². The number of phosphoric ester groups is 1. The molecule has 2 aliphatic rings. The number of aromatic amines is 2. The van der Waals surface area contributed by atoms with Crippen molar-refractivity contribution < 1.29 is 90.9 Å². The van der Waals surface area contributed by atoms with Crippen molar-refractivity contribution in [1.82, 2.24) is 19.1 Å². The number of methoxy groups -OCH3 is 2. The van der Waals surface area contributed by atoms with Crippen LogP contribution in [0.2, 0.25) is 0 Å². The van der Waals surface area contributed by atoms with Crippen LogP contribution < -0.4 is 37.2 Å². The predicted molar refractivity (Wildman–Crippen MR) is 156 cm³/mol. The number of hydrogen-bond acceptors (Lipinski definition) is 22. The summed E-state index contributed by atoms with van der Waals surface area (Å²) in [5.74, 6) is 0. The Bertz CT molecular complexity index is 1920. The van der Waals surface area contributed by atoms with Crippen LogP contribution in [0.5, 0.6) is 0 Å². The van der Waals surface area contributed by atoms with E-state index in [9.17, 15) is 68.0 Å². The number of hydrogen-bond donors (Lipinski definition) is 8. The Morgan fingerprint density at radius 2 is 1.15 bits per heavy atom. The number of aliphatic hydroxyl groups excluding tert-OH is 5. The monoisotopic (exact) mass is 813 g/mol. The van der Waals surface area contributed by atoms with E-state index in [4.69, 9.17) is 28.9 Å². The fourth-order valence-corrected chi connectivity index (χ4v) is 7.50. The van der Waals surface area contributed by atoms with Crippen molar-refractivity contribution in [3.05, 3.63) is 65.2 Å². The van der Waals surface area contributed by atoms with Crippen molar-refractivity contribution in [2.24, 2.45) is 0 Å². The Balaban J connectivity index is 0.000000311. The van der Waals surface area contributed by atoms with Gasteiger partial charge in [0.1, 0.15) is 36.6 Å². The lowest BCUT2D eigenvalue weighted by Gasteiger charge is -2.33. The van der Waals surface area contributed by atoms with Crippen LogP contribution in [-0.2, 0) is 59.0 Å². The maximum Gasteiger partial charge on any atom is 0.330 e. The maximum atomic E-state index is 12.0. The number of rotatable bonds is 14. The molecule has 0 bridgehead atoms. The van der Waals surface area contributed by atoms with Crippen LogP contribution in [-0.4, -0.2) is 114 Å². The molecule has 2 saturated heterocycles. The van der Waals surface area contributed by atoms with Crippen LogP contribution in [0.25, 0.3) is 0 Å². The second-order valence-electron chi connectivity index (χ2n) is 10.6. The largest absolute Gasteiger partial charge is 0.756 e. The van der Waals surface area contributed by atoms with E-state index in [-0.39, 0.29) is 24.3 Å². The molecular formula is C22H32N4O23P3-3. The second kappa shape index (κ2) is 17.7. The molecule has 0 amide bonds. The highest BCUT2D eigenvalue weighted by molar-refractivity contribution is 7.65. The lowest BCUT2D eigenvalue weighted by Crippen LogP contribution is -2.39. The molecule has 2 aromatic rings. The Hall–Kier alpha value is -2.59. The normalized spacial score (nSPS) is 29.4. The molecular weight excluding hydrogens is 781 g/mol. The highest BCUT2D eigenvalue weighted by Gasteiger charge is 2.45. The molecule has 8 N–H and O–H groups in total. The Kier molecular flexibility index (Phi) is 14.9. The van der Waals surface area contributed by atoms with E-state index in [0.29, 0.717) is 4.57 Å². The average Bonchev–Trinajstić information content (AvgIpc) is 3.46. The van der Waals surface area contributed by atoms with E-state index in [1.165, 1.54) is 20.4 Å². The smallest absolute Gasteiger partial charge is 0.330 e. The molecule has 27 nitrogen and oxygen atoms in total. The molecule has 2 aliphatic heterocycles. The summed E-state index contributed by atoms with van der Waals surface area (Å²) in [6, 6.07) is 0. The molecule has 4 heterocycles. The van der Waals surface area contributed by atoms with Crippen molar-refractivity contribution in [2.75, 3.05) is 27.4 Å². The molecule has 52 heavy (non-hydrogen) atoms. The number of aliphatic hydroxyl groups is 5. The van der Waals surface area contributed by atoms with Crippen LogP contribution in [0.4, 0.5) is 0 Å². The molecule has 0 aliphatic carbocycles. The molecule has 2 aromatic heterocycles. The van der Waals surface area contributed by atoms with Gasteiger partial charge in [-0.2, -0.15) is 0 Å². The summed E-state index contributed by atoms with van der Waals surface area (Å²) >= 11 is 0. The average molecular weight is 813 g/mol. The standard InChI is InChI=1S/C11H19N2O16P3.C11H16N2O7/c1-25-3-5-2-13(11(17)12-9(5)16)10-8(15)7(14)6(27-10)4-26-31(21,22)29-32(23,24)28-30(18,19)20;1-19-4-5-2-13(11(18)12-9(5)17)10-8(16)7(15)6(3-14)20-10/h2,6-8,10,14-15H,3-4H2,1H3,(H,21,22)(H,23,24)(H,12,16,17)(H2,18,19,20);2,6-8,10,14-16H,3-4H2,1H3,(H,12,17,18)/p-3/t2*6-,7-,8-,10-/m11/s1. The van der Waals surface area contributed by atoms with Gasteiger partial charge in [0.2, 0.25) is 0 Å². The fraction of sp³-hybridized carbons (Fsp3) is 0.636. The summed E-state index contributed by atoms with van der Waals surface area (Å²) in [6.45, 7) is -1.93. The Morgan fingerprint density at radius 1 is 0.731 bits per heavy atom. The zero-order chi connectivity index (χ0) is 39.3. The van der Waals surface area contributed by atoms with Gasteiger partial charge in [-0.25, -0.2) is 18.2 Å². The van der Waals surface area contributed by atoms with E-state index in [1.54, 1.807) is 0 Å². The van der Waals surface area contributed by atoms with Gasteiger partial charge in [0.15, 0.2) is 12.5 Å². The van der Waals surface area contributed by atoms with Gasteiger partial charge in [-0.15, -0.1) is 0 Å². The van der Waals surface area contributed by atoms with E-state index in [0.717, 1.165) is 10.8 Å². The molecule has 296 valence electrons. The summed E-state index contributed by atoms with van der Waals surface area (Å²) in [5.41, 5.74) is -3.11. The number of ether oxygens (including phenoxy) is 4. The first-order chi connectivity index (χ1) is 24.0. The molecule has 11 atom stereocenters. The lowest BCUT2D eigenvalue weighted by atomic mass is 10.1. The Morgan fingerprint density at radius 3 is 1.54 bits per heavy atom. The Labute approximate surface area is 288 Å². The van der Waals surface area contributed by atoms with Crippen molar-refractivity contribution in [3.8, 4) is 0 Å². The number of nitrogens with one attached hydrogen (secondary N) is 2. The molecule has 0 saturated carbocycles. The van der Waals surface area contributed by atoms with Gasteiger partial charge in [0.25, 0.3) is 34.6 Å². The predicted octanol–water partition coefficient (Wildman–Crippen LogP) is -6.96. The molecule has 0 radical (unpaired) electrons. The third-order valence-electron chi connectivity index (χ3n) is 6.89. The number of aromatic nitrogens is 4. The van der Waals surface area contributed by atoms with Gasteiger partial charge < -0.3 is 68.6 Å². The molecule has 30 heteroatoms. The van der Waals surface area contributed by atoms with Crippen LogP contribution in [0, 0.1) is 0 Å². The van der Waals surface area contributed by atoms with Gasteiger partial charge in [0, 0.05) is 26.6 Å². The molecule has 0 aromatic carbocycles. The maximum absolute atomic E-state index is 12.0. The summed E-state index contributed by atoms with van der Waals surface area (Å²) in [5, 5.41) is 48.7. The summed E-state index contributed by atoms with van der Waals surface area (Å²) in [7, 11) is -15.2. The van der Waals surface area contributed by atoms with E-state index in [2.05, 4.69) is 18.1 Å². The minimum Gasteiger partial charge on any atom is -0.756 e. The number of H-pyrrole nitrogens is 2. The lowest BCUT2D eigenvalue weighted by molar-refractivity contribution is -0.250. The van der Waals surface area contributed by atoms with Crippen LogP contribution in [0.15, 0.2) is 31.6 Å². The molecule has 4 rings (SSSR count). The zero-order valence-corrected chi connectivity index (χ0v) is 29.1. The zero-order valence-electron chi connectivity index (χ0n) is 26.5. The van der Waals surface area contributed by atoms with Gasteiger partial charge in [-0.3, -0.25) is 42.4 Å².